The fourth-order valence-electron chi connectivity index (χ4n) is 5.37. The Morgan fingerprint density at radius 3 is 2.45 bits per heavy atom. The first kappa shape index (κ1) is 25.6. The zero-order valence-electron chi connectivity index (χ0n) is 21.2. The number of pyridine rings is 1. The van der Waals surface area contributed by atoms with E-state index >= 15 is 0 Å². The van der Waals surface area contributed by atoms with Crippen molar-refractivity contribution in [2.24, 2.45) is 5.41 Å². The highest BCUT2D eigenvalue weighted by atomic mass is 127. The number of hydrogen-bond donors (Lipinski definition) is 0. The smallest absolute Gasteiger partial charge is 0.341 e. The molecule has 2 fully saturated rings. The van der Waals surface area contributed by atoms with Gasteiger partial charge in [0, 0.05) is 34.0 Å². The Bertz CT molecular complexity index is 901. The first-order valence-corrected chi connectivity index (χ1v) is 16.6. The quantitative estimate of drug-likeness (QED) is 0.213. The summed E-state index contributed by atoms with van der Waals surface area (Å²) >= 11 is 2.39. The van der Waals surface area contributed by atoms with Crippen molar-refractivity contribution in [3.63, 3.8) is 0 Å². The lowest BCUT2D eigenvalue weighted by molar-refractivity contribution is 0.0290. The second-order valence-corrected chi connectivity index (χ2v) is 17.6. The van der Waals surface area contributed by atoms with Gasteiger partial charge < -0.3 is 13.9 Å². The van der Waals surface area contributed by atoms with Crippen molar-refractivity contribution in [2.75, 3.05) is 19.8 Å². The molecule has 1 aliphatic heterocycles. The van der Waals surface area contributed by atoms with Crippen LogP contribution in [0.1, 0.15) is 106 Å². The molecule has 1 saturated carbocycles. The summed E-state index contributed by atoms with van der Waals surface area (Å²) in [7, 11) is -2.00. The average Bonchev–Trinajstić information content (AvgIpc) is 2.71. The maximum Gasteiger partial charge on any atom is 0.341 e. The van der Waals surface area contributed by atoms with E-state index in [1.807, 2.05) is 6.92 Å². The Balaban J connectivity index is 1.84. The number of aromatic nitrogens is 1. The summed E-state index contributed by atoms with van der Waals surface area (Å²) in [4.78, 5) is 18.5. The molecule has 1 atom stereocenters. The van der Waals surface area contributed by atoms with Crippen LogP contribution in [0.25, 0.3) is 0 Å². The molecule has 0 unspecified atom stereocenters. The number of ether oxygens (including phenoxy) is 2. The number of carbonyl (C=O) groups is 1. The summed E-state index contributed by atoms with van der Waals surface area (Å²) < 4.78 is 19.3. The van der Waals surface area contributed by atoms with E-state index in [9.17, 15) is 4.79 Å². The van der Waals surface area contributed by atoms with Gasteiger partial charge in [-0.3, -0.25) is 4.98 Å². The van der Waals surface area contributed by atoms with Gasteiger partial charge in [-0.2, -0.15) is 0 Å². The number of rotatable bonds is 5. The van der Waals surface area contributed by atoms with E-state index in [4.69, 9.17) is 18.9 Å². The van der Waals surface area contributed by atoms with Gasteiger partial charge in [0.2, 0.25) is 0 Å². The minimum Gasteiger partial charge on any atom is -0.462 e. The van der Waals surface area contributed by atoms with Crippen molar-refractivity contribution in [1.82, 2.24) is 4.98 Å². The van der Waals surface area contributed by atoms with E-state index in [-0.39, 0.29) is 23.0 Å². The van der Waals surface area contributed by atoms with Crippen LogP contribution in [0.5, 0.6) is 0 Å². The molecule has 1 spiro atoms. The van der Waals surface area contributed by atoms with Crippen LogP contribution >= 0.6 is 22.6 Å². The van der Waals surface area contributed by atoms with Crippen LogP contribution in [0, 0.1) is 8.99 Å². The molecule has 1 aromatic heterocycles. The Labute approximate surface area is 214 Å². The lowest BCUT2D eigenvalue weighted by atomic mass is 9.59. The molecule has 0 aromatic carbocycles. The molecular formula is C26H40INO4Si. The fourth-order valence-corrected chi connectivity index (χ4v) is 7.80. The van der Waals surface area contributed by atoms with Crippen molar-refractivity contribution in [3.8, 4) is 0 Å². The molecule has 3 aliphatic rings. The maximum absolute atomic E-state index is 13.2. The maximum atomic E-state index is 13.2. The highest BCUT2D eigenvalue weighted by molar-refractivity contribution is 14.1. The van der Waals surface area contributed by atoms with E-state index in [1.165, 1.54) is 25.0 Å². The van der Waals surface area contributed by atoms with E-state index in [0.29, 0.717) is 17.6 Å². The van der Waals surface area contributed by atoms with Gasteiger partial charge in [0.15, 0.2) is 8.32 Å². The summed E-state index contributed by atoms with van der Waals surface area (Å²) in [6.45, 7) is 15.2. The third kappa shape index (κ3) is 4.93. The van der Waals surface area contributed by atoms with Gasteiger partial charge in [-0.05, 0) is 91.6 Å². The predicted octanol–water partition coefficient (Wildman–Crippen LogP) is 6.94. The molecule has 2 heterocycles. The first-order chi connectivity index (χ1) is 15.5. The zero-order chi connectivity index (χ0) is 24.0. The predicted molar refractivity (Wildman–Crippen MR) is 141 cm³/mol. The van der Waals surface area contributed by atoms with Crippen molar-refractivity contribution in [3.05, 3.63) is 26.1 Å². The molecule has 1 aromatic rings. The minimum atomic E-state index is -2.00. The number of hydrogen-bond acceptors (Lipinski definition) is 5. The number of carbonyl (C=O) groups excluding carboxylic acids is 1. The molecular weight excluding hydrogens is 545 g/mol. The Morgan fingerprint density at radius 2 is 1.91 bits per heavy atom. The van der Waals surface area contributed by atoms with Gasteiger partial charge in [0.05, 0.1) is 24.0 Å². The number of fused-ring (bicyclic) bond motifs is 1. The SMILES string of the molecule is CCOC(=O)c1c(C2CCOCC2)nc2c(c1I)[C@@H](O[Si](C)(C)C(C)(C)C)CC1(CCC1)C2. The minimum absolute atomic E-state index is 0.00579. The van der Waals surface area contributed by atoms with E-state index in [2.05, 4.69) is 56.5 Å². The van der Waals surface area contributed by atoms with Crippen molar-refractivity contribution in [2.45, 2.75) is 103 Å². The van der Waals surface area contributed by atoms with Crippen LogP contribution in [0.15, 0.2) is 0 Å². The largest absolute Gasteiger partial charge is 0.462 e. The second-order valence-electron chi connectivity index (χ2n) is 11.8. The van der Waals surface area contributed by atoms with Crippen LogP contribution in [0.4, 0.5) is 0 Å². The molecule has 0 amide bonds. The molecule has 1 saturated heterocycles. The lowest BCUT2D eigenvalue weighted by Crippen LogP contribution is -2.46. The highest BCUT2D eigenvalue weighted by Gasteiger charge is 2.49. The summed E-state index contributed by atoms with van der Waals surface area (Å²) in [5.74, 6) is 0.00435. The third-order valence-corrected chi connectivity index (χ3v) is 14.1. The zero-order valence-corrected chi connectivity index (χ0v) is 24.3. The summed E-state index contributed by atoms with van der Waals surface area (Å²) in [5, 5.41) is 0.127. The number of nitrogens with zero attached hydrogens (tertiary/aromatic N) is 1. The molecule has 184 valence electrons. The molecule has 4 rings (SSSR count). The van der Waals surface area contributed by atoms with E-state index in [0.717, 1.165) is 53.7 Å². The van der Waals surface area contributed by atoms with Crippen molar-refractivity contribution >= 4 is 36.9 Å². The molecule has 5 nitrogen and oxygen atoms in total. The van der Waals surface area contributed by atoms with E-state index in [1.54, 1.807) is 0 Å². The molecule has 33 heavy (non-hydrogen) atoms. The Hall–Kier alpha value is -0.513. The van der Waals surface area contributed by atoms with Crippen molar-refractivity contribution in [1.29, 1.82) is 0 Å². The van der Waals surface area contributed by atoms with Crippen LogP contribution in [-0.2, 0) is 20.3 Å². The third-order valence-electron chi connectivity index (χ3n) is 8.51. The summed E-state index contributed by atoms with van der Waals surface area (Å²) in [6, 6.07) is 0. The van der Waals surface area contributed by atoms with E-state index < -0.39 is 8.32 Å². The fraction of sp³-hybridized carbons (Fsp3) is 0.769. The molecule has 2 aliphatic carbocycles. The standard InChI is InChI=1S/C26H40INO4Si/c1-7-31-24(29)21-22(27)20-18(28-23(21)17-9-13-30-14-10-17)15-26(11-8-12-26)16-19(20)32-33(5,6)25(2,3)4/h17,19H,7-16H2,1-6H3/t19-/m0/s1. The molecule has 0 radical (unpaired) electrons. The normalized spacial score (nSPS) is 23.2. The van der Waals surface area contributed by atoms with Gasteiger partial charge in [0.1, 0.15) is 0 Å². The number of esters is 1. The molecule has 7 heteroatoms. The molecule has 0 bridgehead atoms. The van der Waals surface area contributed by atoms with Crippen LogP contribution < -0.4 is 0 Å². The topological polar surface area (TPSA) is 57.7 Å². The van der Waals surface area contributed by atoms with Crippen LogP contribution in [-0.4, -0.2) is 39.1 Å². The second kappa shape index (κ2) is 9.51. The molecule has 0 N–H and O–H groups in total. The summed E-state index contributed by atoms with van der Waals surface area (Å²) in [5.41, 5.74) is 4.26. The Morgan fingerprint density at radius 1 is 1.24 bits per heavy atom. The summed E-state index contributed by atoms with van der Waals surface area (Å²) in [6.07, 6.45) is 7.69. The monoisotopic (exact) mass is 585 g/mol. The lowest BCUT2D eigenvalue weighted by Gasteiger charge is -2.50. The van der Waals surface area contributed by atoms with Crippen molar-refractivity contribution < 1.29 is 18.7 Å². The number of halogens is 1. The van der Waals surface area contributed by atoms with Gasteiger partial charge in [-0.15, -0.1) is 0 Å². The van der Waals surface area contributed by atoms with Gasteiger partial charge >= 0.3 is 5.97 Å². The highest BCUT2D eigenvalue weighted by Crippen LogP contribution is 2.56. The average molecular weight is 586 g/mol. The van der Waals surface area contributed by atoms with Crippen LogP contribution in [0.3, 0.4) is 0 Å². The van der Waals surface area contributed by atoms with Crippen LogP contribution in [0.2, 0.25) is 18.1 Å². The Kier molecular flexibility index (Phi) is 7.37. The van der Waals surface area contributed by atoms with Gasteiger partial charge in [0.25, 0.3) is 0 Å². The van der Waals surface area contributed by atoms with Gasteiger partial charge in [-0.25, -0.2) is 4.79 Å². The first-order valence-electron chi connectivity index (χ1n) is 12.6. The van der Waals surface area contributed by atoms with Gasteiger partial charge in [-0.1, -0.05) is 27.2 Å².